The molecule has 0 aromatic heterocycles. The van der Waals surface area contributed by atoms with Crippen LogP contribution in [0, 0.1) is 5.92 Å². The fourth-order valence-electron chi connectivity index (χ4n) is 2.35. The quantitative estimate of drug-likeness (QED) is 0.473. The maximum absolute atomic E-state index is 11.8. The fraction of sp³-hybridized carbons (Fsp3) is 0.818. The van der Waals surface area contributed by atoms with Crippen LogP contribution in [-0.2, 0) is 9.53 Å². The van der Waals surface area contributed by atoms with Crippen molar-refractivity contribution in [3.8, 4) is 0 Å². The molecule has 2 rings (SSSR count). The summed E-state index contributed by atoms with van der Waals surface area (Å²) in [5, 5.41) is 30.7. The summed E-state index contributed by atoms with van der Waals surface area (Å²) in [7, 11) is 0. The van der Waals surface area contributed by atoms with Gasteiger partial charge in [0.15, 0.2) is 6.23 Å². The van der Waals surface area contributed by atoms with Gasteiger partial charge in [0.2, 0.25) is 5.91 Å². The largest absolute Gasteiger partial charge is 0.394 e. The van der Waals surface area contributed by atoms with E-state index < -0.39 is 37.2 Å². The van der Waals surface area contributed by atoms with E-state index in [0.717, 1.165) is 0 Å². The minimum Gasteiger partial charge on any atom is -0.394 e. The fourth-order valence-corrected chi connectivity index (χ4v) is 2.35. The molecule has 8 nitrogen and oxygen atoms in total. The van der Waals surface area contributed by atoms with Crippen molar-refractivity contribution in [2.45, 2.75) is 37.9 Å². The van der Waals surface area contributed by atoms with Gasteiger partial charge in [0, 0.05) is 6.54 Å². The highest BCUT2D eigenvalue weighted by Gasteiger charge is 2.48. The Morgan fingerprint density at radius 1 is 1.37 bits per heavy atom. The number of aliphatic hydroxyl groups is 3. The van der Waals surface area contributed by atoms with Gasteiger partial charge in [-0.25, -0.2) is 4.79 Å². The monoisotopic (exact) mass is 274 g/mol. The van der Waals surface area contributed by atoms with Crippen molar-refractivity contribution < 1.29 is 29.6 Å². The van der Waals surface area contributed by atoms with Gasteiger partial charge >= 0.3 is 6.03 Å². The third-order valence-corrected chi connectivity index (χ3v) is 3.60. The molecule has 2 aliphatic rings. The molecule has 3 amide bonds. The van der Waals surface area contributed by atoms with Crippen LogP contribution in [0.1, 0.15) is 13.3 Å². The Bertz CT molecular complexity index is 376. The van der Waals surface area contributed by atoms with Gasteiger partial charge in [-0.05, 0) is 6.42 Å². The third kappa shape index (κ3) is 2.44. The first-order valence-electron chi connectivity index (χ1n) is 6.23. The van der Waals surface area contributed by atoms with Crippen molar-refractivity contribution in [3.05, 3.63) is 0 Å². The summed E-state index contributed by atoms with van der Waals surface area (Å²) in [5.74, 6) is -0.727. The second-order valence-corrected chi connectivity index (χ2v) is 4.78. The molecule has 0 aliphatic carbocycles. The molecule has 2 fully saturated rings. The lowest BCUT2D eigenvalue weighted by Gasteiger charge is -2.36. The Hall–Kier alpha value is -1.22. The Morgan fingerprint density at radius 3 is 2.58 bits per heavy atom. The second-order valence-electron chi connectivity index (χ2n) is 4.78. The molecule has 0 saturated carbocycles. The van der Waals surface area contributed by atoms with E-state index in [1.54, 1.807) is 0 Å². The topological polar surface area (TPSA) is 119 Å². The molecule has 4 N–H and O–H groups in total. The Balaban J connectivity index is 2.13. The Kier molecular flexibility index (Phi) is 4.04. The zero-order chi connectivity index (χ0) is 14.2. The molecule has 8 heteroatoms. The van der Waals surface area contributed by atoms with E-state index in [-0.39, 0.29) is 18.4 Å². The number of rotatable bonds is 3. The van der Waals surface area contributed by atoms with Gasteiger partial charge in [0.25, 0.3) is 0 Å². The number of imide groups is 1. The highest BCUT2D eigenvalue weighted by atomic mass is 16.6. The van der Waals surface area contributed by atoms with E-state index in [1.165, 1.54) is 4.90 Å². The molecule has 2 saturated heterocycles. The van der Waals surface area contributed by atoms with Gasteiger partial charge in [-0.2, -0.15) is 0 Å². The van der Waals surface area contributed by atoms with E-state index in [0.29, 0.717) is 6.42 Å². The molecule has 19 heavy (non-hydrogen) atoms. The van der Waals surface area contributed by atoms with Crippen LogP contribution in [0.5, 0.6) is 0 Å². The summed E-state index contributed by atoms with van der Waals surface area (Å²) in [6.45, 7) is 1.48. The van der Waals surface area contributed by atoms with Crippen LogP contribution >= 0.6 is 0 Å². The van der Waals surface area contributed by atoms with E-state index in [1.807, 2.05) is 6.92 Å². The molecule has 0 aromatic rings. The number of carbonyl (C=O) groups excluding carboxylic acids is 2. The minimum absolute atomic E-state index is 0.119. The van der Waals surface area contributed by atoms with Crippen LogP contribution in [0.3, 0.4) is 0 Å². The Labute approximate surface area is 110 Å². The van der Waals surface area contributed by atoms with Crippen LogP contribution < -0.4 is 5.32 Å². The lowest BCUT2D eigenvalue weighted by molar-refractivity contribution is -0.131. The van der Waals surface area contributed by atoms with Gasteiger partial charge in [-0.1, -0.05) is 6.92 Å². The second kappa shape index (κ2) is 5.41. The first-order valence-corrected chi connectivity index (χ1v) is 6.23. The first-order chi connectivity index (χ1) is 8.99. The molecule has 108 valence electrons. The number of urea groups is 1. The maximum atomic E-state index is 11.8. The maximum Gasteiger partial charge on any atom is 0.326 e. The standard InChI is InChI=1S/C11H18N2O6/c1-2-5-3-13(11(18)12-9(5)17)10-8(16)7(15)6(4-14)19-10/h5-8,10,14-16H,2-4H2,1H3,(H,12,17,18)/t5?,6-,7-,8-,10-/m1/s1. The summed E-state index contributed by atoms with van der Waals surface area (Å²) in [5.41, 5.74) is 0. The molecule has 1 unspecified atom stereocenters. The molecule has 2 heterocycles. The van der Waals surface area contributed by atoms with Crippen molar-refractivity contribution >= 4 is 11.9 Å². The molecule has 2 aliphatic heterocycles. The third-order valence-electron chi connectivity index (χ3n) is 3.60. The number of amides is 3. The summed E-state index contributed by atoms with van der Waals surface area (Å²) < 4.78 is 5.28. The van der Waals surface area contributed by atoms with Crippen molar-refractivity contribution in [1.29, 1.82) is 0 Å². The number of nitrogens with one attached hydrogen (secondary N) is 1. The lowest BCUT2D eigenvalue weighted by Crippen LogP contribution is -2.60. The zero-order valence-electron chi connectivity index (χ0n) is 10.5. The minimum atomic E-state index is -1.31. The average Bonchev–Trinajstić information content (AvgIpc) is 2.67. The number of ether oxygens (including phenoxy) is 1. The Morgan fingerprint density at radius 2 is 2.05 bits per heavy atom. The molecule has 0 aromatic carbocycles. The summed E-state index contributed by atoms with van der Waals surface area (Å²) >= 11 is 0. The van der Waals surface area contributed by atoms with Crippen LogP contribution in [0.15, 0.2) is 0 Å². The van der Waals surface area contributed by atoms with E-state index in [4.69, 9.17) is 9.84 Å². The normalized spacial score (nSPS) is 39.6. The van der Waals surface area contributed by atoms with Crippen LogP contribution in [-0.4, -0.2) is 69.8 Å². The van der Waals surface area contributed by atoms with E-state index in [9.17, 15) is 19.8 Å². The van der Waals surface area contributed by atoms with Crippen molar-refractivity contribution in [2.24, 2.45) is 5.92 Å². The van der Waals surface area contributed by atoms with Gasteiger partial charge in [-0.15, -0.1) is 0 Å². The summed E-state index contributed by atoms with van der Waals surface area (Å²) in [4.78, 5) is 24.5. The van der Waals surface area contributed by atoms with Gasteiger partial charge in [0.05, 0.1) is 12.5 Å². The van der Waals surface area contributed by atoms with Crippen molar-refractivity contribution in [3.63, 3.8) is 0 Å². The predicted molar refractivity (Wildman–Crippen MR) is 61.8 cm³/mol. The molecular weight excluding hydrogens is 256 g/mol. The predicted octanol–water partition coefficient (Wildman–Crippen LogP) is -2.00. The molecule has 0 radical (unpaired) electrons. The molecular formula is C11H18N2O6. The average molecular weight is 274 g/mol. The molecule has 0 spiro atoms. The van der Waals surface area contributed by atoms with Crippen molar-refractivity contribution in [1.82, 2.24) is 10.2 Å². The van der Waals surface area contributed by atoms with Crippen LogP contribution in [0.4, 0.5) is 4.79 Å². The van der Waals surface area contributed by atoms with Crippen LogP contribution in [0.2, 0.25) is 0 Å². The smallest absolute Gasteiger partial charge is 0.326 e. The SMILES string of the molecule is CCC1CN([C@@H]2O[C@H](CO)[C@@H](O)[C@H]2O)C(=O)NC1=O. The lowest BCUT2D eigenvalue weighted by atomic mass is 10.0. The zero-order valence-corrected chi connectivity index (χ0v) is 10.5. The van der Waals surface area contributed by atoms with Gasteiger partial charge in [0.1, 0.15) is 18.3 Å². The summed E-state index contributed by atoms with van der Waals surface area (Å²) in [6, 6.07) is -0.662. The van der Waals surface area contributed by atoms with Crippen LogP contribution in [0.25, 0.3) is 0 Å². The number of nitrogens with zero attached hydrogens (tertiary/aromatic N) is 1. The van der Waals surface area contributed by atoms with Gasteiger partial charge in [-0.3, -0.25) is 15.0 Å². The highest BCUT2D eigenvalue weighted by Crippen LogP contribution is 2.26. The van der Waals surface area contributed by atoms with E-state index >= 15 is 0 Å². The number of carbonyl (C=O) groups is 2. The number of hydrogen-bond donors (Lipinski definition) is 4. The van der Waals surface area contributed by atoms with Gasteiger partial charge < -0.3 is 20.1 Å². The molecule has 0 bridgehead atoms. The molecule has 5 atom stereocenters. The summed E-state index contributed by atoms with van der Waals surface area (Å²) in [6.07, 6.45) is -4.03. The highest BCUT2D eigenvalue weighted by molar-refractivity contribution is 5.98. The van der Waals surface area contributed by atoms with Crippen molar-refractivity contribution in [2.75, 3.05) is 13.2 Å². The number of aliphatic hydroxyl groups excluding tert-OH is 3. The first kappa shape index (κ1) is 14.2. The van der Waals surface area contributed by atoms with E-state index in [2.05, 4.69) is 5.32 Å². The number of hydrogen-bond acceptors (Lipinski definition) is 6.